The van der Waals surface area contributed by atoms with E-state index in [1.807, 2.05) is 0 Å². The fourth-order valence-corrected chi connectivity index (χ4v) is 2.68. The molecule has 9 heteroatoms. The van der Waals surface area contributed by atoms with E-state index in [2.05, 4.69) is 15.0 Å². The Balaban J connectivity index is 2.13. The second-order valence-corrected chi connectivity index (χ2v) is 5.44. The largest absolute Gasteiger partial charge is 0.479 e. The highest BCUT2D eigenvalue weighted by molar-refractivity contribution is 5.76. The van der Waals surface area contributed by atoms with Crippen molar-refractivity contribution in [3.63, 3.8) is 0 Å². The molecule has 2 aromatic heterocycles. The van der Waals surface area contributed by atoms with Crippen molar-refractivity contribution in [3.05, 3.63) is 12.2 Å². The molecule has 2 aromatic rings. The van der Waals surface area contributed by atoms with E-state index in [-0.39, 0.29) is 5.88 Å². The van der Waals surface area contributed by atoms with Crippen LogP contribution in [0.2, 0.25) is 0 Å². The zero-order chi connectivity index (χ0) is 16.1. The molecule has 0 spiro atoms. The van der Waals surface area contributed by atoms with Gasteiger partial charge in [0.2, 0.25) is 5.88 Å². The van der Waals surface area contributed by atoms with Crippen LogP contribution in [0.15, 0.2) is 6.33 Å². The fraction of sp³-hybridized carbons (Fsp3) is 0.615. The second-order valence-electron chi connectivity index (χ2n) is 5.44. The number of fused-ring (bicyclic) bond motifs is 1. The van der Waals surface area contributed by atoms with Crippen LogP contribution < -0.4 is 4.74 Å². The van der Waals surface area contributed by atoms with Crippen molar-refractivity contribution in [1.29, 1.82) is 0 Å². The second kappa shape index (κ2) is 5.11. The molecule has 1 aliphatic rings. The Hall–Kier alpha value is -1.84. The zero-order valence-corrected chi connectivity index (χ0v) is 12.4. The molecule has 0 bridgehead atoms. The van der Waals surface area contributed by atoms with Crippen LogP contribution in [0.5, 0.6) is 5.88 Å². The Morgan fingerprint density at radius 1 is 1.50 bits per heavy atom. The summed E-state index contributed by atoms with van der Waals surface area (Å²) in [6.07, 6.45) is -2.52. The van der Waals surface area contributed by atoms with Crippen LogP contribution in [0.4, 0.5) is 4.39 Å². The van der Waals surface area contributed by atoms with Gasteiger partial charge >= 0.3 is 0 Å². The Kier molecular flexibility index (Phi) is 3.50. The summed E-state index contributed by atoms with van der Waals surface area (Å²) in [4.78, 5) is 12.5. The lowest BCUT2D eigenvalue weighted by Gasteiger charge is -2.26. The average Bonchev–Trinajstić information content (AvgIpc) is 2.98. The lowest BCUT2D eigenvalue weighted by Crippen LogP contribution is -2.41. The number of ether oxygens (including phenoxy) is 2. The predicted octanol–water partition coefficient (Wildman–Crippen LogP) is 0.122. The van der Waals surface area contributed by atoms with Crippen molar-refractivity contribution in [2.24, 2.45) is 0 Å². The number of imidazole rings is 1. The number of aliphatic hydroxyl groups excluding tert-OH is 1. The SMILES string of the molecule is COc1nc(C)nc2c1ncn2[C@@H]1O[C@H](CO)[C@@H](F)[C@@]1(C)O. The number of aliphatic hydroxyl groups is 2. The number of hydrogen-bond acceptors (Lipinski definition) is 7. The minimum Gasteiger partial charge on any atom is -0.479 e. The summed E-state index contributed by atoms with van der Waals surface area (Å²) in [6.45, 7) is 2.47. The molecule has 0 unspecified atom stereocenters. The highest BCUT2D eigenvalue weighted by atomic mass is 19.1. The smallest absolute Gasteiger partial charge is 0.245 e. The molecule has 2 N–H and O–H groups in total. The summed E-state index contributed by atoms with van der Waals surface area (Å²) in [6, 6.07) is 0. The first kappa shape index (κ1) is 15.1. The van der Waals surface area contributed by atoms with Gasteiger partial charge in [-0.15, -0.1) is 0 Å². The third-order valence-corrected chi connectivity index (χ3v) is 3.82. The molecule has 0 aromatic carbocycles. The van der Waals surface area contributed by atoms with Crippen LogP contribution in [0.25, 0.3) is 11.2 Å². The number of nitrogens with zero attached hydrogens (tertiary/aromatic N) is 4. The van der Waals surface area contributed by atoms with Crippen LogP contribution in [-0.2, 0) is 4.74 Å². The molecule has 0 saturated carbocycles. The minimum atomic E-state index is -1.83. The normalized spacial score (nSPS) is 31.8. The molecule has 120 valence electrons. The number of aryl methyl sites for hydroxylation is 1. The topological polar surface area (TPSA) is 103 Å². The number of hydrogen-bond donors (Lipinski definition) is 2. The first-order valence-electron chi connectivity index (χ1n) is 6.78. The molecule has 3 heterocycles. The summed E-state index contributed by atoms with van der Waals surface area (Å²) >= 11 is 0. The summed E-state index contributed by atoms with van der Waals surface area (Å²) in [5.41, 5.74) is -1.08. The van der Waals surface area contributed by atoms with Crippen LogP contribution in [0.3, 0.4) is 0 Å². The highest BCUT2D eigenvalue weighted by Gasteiger charge is 2.54. The zero-order valence-electron chi connectivity index (χ0n) is 12.4. The first-order chi connectivity index (χ1) is 10.4. The van der Waals surface area contributed by atoms with E-state index in [1.165, 1.54) is 24.9 Å². The molecule has 0 radical (unpaired) electrons. The average molecular weight is 312 g/mol. The Morgan fingerprint density at radius 2 is 2.23 bits per heavy atom. The van der Waals surface area contributed by atoms with Gasteiger partial charge in [0.15, 0.2) is 23.6 Å². The van der Waals surface area contributed by atoms with Crippen LogP contribution in [0, 0.1) is 6.92 Å². The van der Waals surface area contributed by atoms with E-state index in [0.717, 1.165) is 0 Å². The standard InChI is InChI=1S/C13H17FN4O4/c1-6-16-10-8(11(17-6)21-3)15-5-18(10)12-13(2,20)9(14)7(4-19)22-12/h5,7,9,12,19-20H,4H2,1-3H3/t7-,9-,12-,13-/m1/s1. The summed E-state index contributed by atoms with van der Waals surface area (Å²) < 4.78 is 26.2. The third-order valence-electron chi connectivity index (χ3n) is 3.82. The Labute approximate surface area is 125 Å². The maximum Gasteiger partial charge on any atom is 0.245 e. The third kappa shape index (κ3) is 2.04. The Bertz CT molecular complexity index is 705. The van der Waals surface area contributed by atoms with Gasteiger partial charge in [0.25, 0.3) is 0 Å². The van der Waals surface area contributed by atoms with Gasteiger partial charge in [-0.25, -0.2) is 14.4 Å². The van der Waals surface area contributed by atoms with Crippen molar-refractivity contribution in [1.82, 2.24) is 19.5 Å². The number of methoxy groups -OCH3 is 1. The molecule has 4 atom stereocenters. The molecule has 22 heavy (non-hydrogen) atoms. The molecule has 1 saturated heterocycles. The lowest BCUT2D eigenvalue weighted by atomic mass is 9.98. The van der Waals surface area contributed by atoms with Gasteiger partial charge in [-0.05, 0) is 13.8 Å². The lowest BCUT2D eigenvalue weighted by molar-refractivity contribution is -0.0892. The van der Waals surface area contributed by atoms with Gasteiger partial charge in [-0.3, -0.25) is 4.57 Å². The summed E-state index contributed by atoms with van der Waals surface area (Å²) in [5.74, 6) is 0.730. The van der Waals surface area contributed by atoms with Crippen molar-refractivity contribution < 1.29 is 24.1 Å². The molecule has 1 fully saturated rings. The van der Waals surface area contributed by atoms with Gasteiger partial charge in [0.1, 0.15) is 17.5 Å². The van der Waals surface area contributed by atoms with Crippen LogP contribution in [-0.4, -0.2) is 61.3 Å². The highest BCUT2D eigenvalue weighted by Crippen LogP contribution is 2.41. The summed E-state index contributed by atoms with van der Waals surface area (Å²) in [7, 11) is 1.46. The van der Waals surface area contributed by atoms with E-state index in [0.29, 0.717) is 17.0 Å². The minimum absolute atomic E-state index is 0.286. The molecule has 0 amide bonds. The first-order valence-corrected chi connectivity index (χ1v) is 6.78. The van der Waals surface area contributed by atoms with E-state index in [1.54, 1.807) is 6.92 Å². The maximum atomic E-state index is 14.2. The van der Waals surface area contributed by atoms with Crippen molar-refractivity contribution >= 4 is 11.2 Å². The quantitative estimate of drug-likeness (QED) is 0.830. The predicted molar refractivity (Wildman–Crippen MR) is 73.1 cm³/mol. The van der Waals surface area contributed by atoms with Gasteiger partial charge in [-0.1, -0.05) is 0 Å². The van der Waals surface area contributed by atoms with Gasteiger partial charge < -0.3 is 19.7 Å². The molecule has 1 aliphatic heterocycles. The van der Waals surface area contributed by atoms with Gasteiger partial charge in [0, 0.05) is 0 Å². The molecular weight excluding hydrogens is 295 g/mol. The molecule has 3 rings (SSSR count). The number of alkyl halides is 1. The van der Waals surface area contributed by atoms with Crippen LogP contribution >= 0.6 is 0 Å². The maximum absolute atomic E-state index is 14.2. The van der Waals surface area contributed by atoms with Crippen molar-refractivity contribution in [2.75, 3.05) is 13.7 Å². The summed E-state index contributed by atoms with van der Waals surface area (Å²) in [5, 5.41) is 19.6. The molecule has 8 nitrogen and oxygen atoms in total. The molecule has 0 aliphatic carbocycles. The Morgan fingerprint density at radius 3 is 2.82 bits per heavy atom. The van der Waals surface area contributed by atoms with Crippen molar-refractivity contribution in [2.45, 2.75) is 38.0 Å². The van der Waals surface area contributed by atoms with E-state index < -0.39 is 30.7 Å². The fourth-order valence-electron chi connectivity index (χ4n) is 2.68. The van der Waals surface area contributed by atoms with E-state index in [9.17, 15) is 14.6 Å². The monoisotopic (exact) mass is 312 g/mol. The number of halogens is 1. The number of aromatic nitrogens is 4. The van der Waals surface area contributed by atoms with Crippen LogP contribution in [0.1, 0.15) is 19.0 Å². The number of rotatable bonds is 3. The van der Waals surface area contributed by atoms with Crippen molar-refractivity contribution in [3.8, 4) is 5.88 Å². The molecular formula is C13H17FN4O4. The van der Waals surface area contributed by atoms with E-state index in [4.69, 9.17) is 9.47 Å². The van der Waals surface area contributed by atoms with Gasteiger partial charge in [-0.2, -0.15) is 4.98 Å². The van der Waals surface area contributed by atoms with Gasteiger partial charge in [0.05, 0.1) is 20.0 Å². The van der Waals surface area contributed by atoms with E-state index >= 15 is 0 Å².